The Morgan fingerprint density at radius 2 is 1.00 bits per heavy atom. The summed E-state index contributed by atoms with van der Waals surface area (Å²) in [5, 5.41) is 8.88. The number of unbranched alkanes of at least 4 members (excludes halogenated alkanes) is 25. The molecule has 0 bridgehead atoms. The van der Waals surface area contributed by atoms with Gasteiger partial charge in [0.1, 0.15) is 12.1 Å². The summed E-state index contributed by atoms with van der Waals surface area (Å²) in [4.78, 5) is 33.4. The molecule has 0 radical (unpaired) electrons. The zero-order chi connectivity index (χ0) is 38.4. The summed E-state index contributed by atoms with van der Waals surface area (Å²) in [5.74, 6) is -1.78. The van der Waals surface area contributed by atoms with Crippen molar-refractivity contribution in [2.45, 2.75) is 212 Å². The van der Waals surface area contributed by atoms with Crippen LogP contribution >= 0.6 is 7.82 Å². The van der Waals surface area contributed by atoms with E-state index >= 15 is 0 Å². The average Bonchev–Trinajstić information content (AvgIpc) is 3.12. The largest absolute Gasteiger partial charge is 0.480 e. The average molecular weight is 762 g/mol. The molecule has 0 fully saturated rings. The van der Waals surface area contributed by atoms with Crippen LogP contribution in [0.1, 0.15) is 200 Å². The molecule has 0 aliphatic carbocycles. The fraction of sp³-hybridized carbons (Fsp3) is 0.902. The number of carbonyl (C=O) groups is 2. The van der Waals surface area contributed by atoms with Crippen LogP contribution in [-0.4, -0.2) is 60.5 Å². The molecule has 11 heteroatoms. The van der Waals surface area contributed by atoms with E-state index in [2.05, 4.69) is 26.0 Å². The van der Waals surface area contributed by atoms with Crippen molar-refractivity contribution < 1.29 is 42.7 Å². The molecule has 0 saturated heterocycles. The number of allylic oxidation sites excluding steroid dienone is 2. The van der Waals surface area contributed by atoms with Crippen molar-refractivity contribution in [2.75, 3.05) is 26.4 Å². The van der Waals surface area contributed by atoms with Crippen molar-refractivity contribution in [2.24, 2.45) is 5.73 Å². The molecule has 0 aliphatic heterocycles. The van der Waals surface area contributed by atoms with Gasteiger partial charge < -0.3 is 25.2 Å². The Bertz CT molecular complexity index is 888. The van der Waals surface area contributed by atoms with Gasteiger partial charge in [-0.15, -0.1) is 0 Å². The number of hydrogen-bond donors (Lipinski definition) is 3. The maximum absolute atomic E-state index is 12.6. The molecule has 0 aromatic carbocycles. The van der Waals surface area contributed by atoms with Crippen molar-refractivity contribution in [1.82, 2.24) is 0 Å². The van der Waals surface area contributed by atoms with Crippen molar-refractivity contribution in [3.63, 3.8) is 0 Å². The highest BCUT2D eigenvalue weighted by atomic mass is 31.2. The number of carboxylic acids is 1. The number of esters is 1. The minimum absolute atomic E-state index is 0.0191. The van der Waals surface area contributed by atoms with Crippen molar-refractivity contribution in [3.8, 4) is 0 Å². The molecule has 52 heavy (non-hydrogen) atoms. The van der Waals surface area contributed by atoms with Crippen LogP contribution in [-0.2, 0) is 32.7 Å². The fourth-order valence-corrected chi connectivity index (χ4v) is 6.73. The molecule has 0 aromatic rings. The van der Waals surface area contributed by atoms with E-state index in [4.69, 9.17) is 29.4 Å². The lowest BCUT2D eigenvalue weighted by molar-refractivity contribution is -0.154. The second kappa shape index (κ2) is 38.0. The zero-order valence-electron chi connectivity index (χ0n) is 33.4. The minimum Gasteiger partial charge on any atom is -0.480 e. The summed E-state index contributed by atoms with van der Waals surface area (Å²) < 4.78 is 33.3. The molecule has 10 nitrogen and oxygen atoms in total. The topological polar surface area (TPSA) is 155 Å². The van der Waals surface area contributed by atoms with Gasteiger partial charge in [0.15, 0.2) is 0 Å². The number of carboxylic acid groups (broad SMARTS) is 1. The lowest BCUT2D eigenvalue weighted by Gasteiger charge is -2.20. The summed E-state index contributed by atoms with van der Waals surface area (Å²) in [6.45, 7) is 3.87. The molecule has 4 N–H and O–H groups in total. The number of aliphatic carboxylic acids is 1. The number of phosphoric acid groups is 1. The monoisotopic (exact) mass is 762 g/mol. The van der Waals surface area contributed by atoms with Crippen LogP contribution in [0.3, 0.4) is 0 Å². The number of ether oxygens (including phenoxy) is 2. The lowest BCUT2D eigenvalue weighted by atomic mass is 10.0. The van der Waals surface area contributed by atoms with Crippen LogP contribution in [0.2, 0.25) is 0 Å². The first-order valence-corrected chi connectivity index (χ1v) is 22.7. The van der Waals surface area contributed by atoms with E-state index < -0.39 is 45.1 Å². The Kier molecular flexibility index (Phi) is 37.1. The Morgan fingerprint density at radius 1 is 0.596 bits per heavy atom. The molecule has 0 amide bonds. The normalized spacial score (nSPS) is 14.1. The van der Waals surface area contributed by atoms with E-state index in [1.807, 2.05) is 0 Å². The molecular weight excluding hydrogens is 681 g/mol. The highest BCUT2D eigenvalue weighted by Crippen LogP contribution is 2.43. The van der Waals surface area contributed by atoms with E-state index in [0.717, 1.165) is 57.8 Å². The third-order valence-electron chi connectivity index (χ3n) is 9.29. The van der Waals surface area contributed by atoms with Gasteiger partial charge in [0.2, 0.25) is 0 Å². The highest BCUT2D eigenvalue weighted by Gasteiger charge is 2.27. The van der Waals surface area contributed by atoms with Gasteiger partial charge in [-0.25, -0.2) is 4.57 Å². The molecule has 0 aliphatic rings. The number of hydrogen-bond acceptors (Lipinski definition) is 8. The minimum atomic E-state index is -4.61. The molecule has 0 spiro atoms. The maximum Gasteiger partial charge on any atom is 0.472 e. The van der Waals surface area contributed by atoms with Crippen molar-refractivity contribution in [1.29, 1.82) is 0 Å². The summed E-state index contributed by atoms with van der Waals surface area (Å²) in [6, 6.07) is -1.47. The first-order chi connectivity index (χ1) is 25.2. The van der Waals surface area contributed by atoms with Gasteiger partial charge in [-0.2, -0.15) is 0 Å². The molecule has 0 heterocycles. The number of carbonyl (C=O) groups excluding carboxylic acids is 1. The summed E-state index contributed by atoms with van der Waals surface area (Å²) in [6.07, 6.45) is 38.3. The maximum atomic E-state index is 12.6. The number of rotatable bonds is 41. The summed E-state index contributed by atoms with van der Waals surface area (Å²) >= 11 is 0. The Hall–Kier alpha value is -1.29. The van der Waals surface area contributed by atoms with Crippen LogP contribution < -0.4 is 5.73 Å². The highest BCUT2D eigenvalue weighted by molar-refractivity contribution is 7.47. The van der Waals surface area contributed by atoms with Gasteiger partial charge in [-0.1, -0.05) is 167 Å². The predicted molar refractivity (Wildman–Crippen MR) is 212 cm³/mol. The third kappa shape index (κ3) is 37.0. The molecule has 0 aromatic heterocycles. The number of nitrogens with two attached hydrogens (primary N) is 1. The summed E-state index contributed by atoms with van der Waals surface area (Å²) in [7, 11) is -4.61. The van der Waals surface area contributed by atoms with E-state index in [1.165, 1.54) is 116 Å². The standard InChI is InChI=1S/C41H80NO9P/c1-3-5-7-9-11-13-15-17-18-19-20-21-22-24-26-28-30-32-34-48-35-38(36-49-52(46,47)50-37-39(42)41(44)45)51-40(43)33-31-29-27-25-23-16-14-12-10-8-6-4-2/h12,14,38-39H,3-11,13,15-37,42H2,1-2H3,(H,44,45)(H,46,47)/b14-12-. The van der Waals surface area contributed by atoms with Gasteiger partial charge in [0.25, 0.3) is 0 Å². The van der Waals surface area contributed by atoms with Crippen LogP contribution in [0.15, 0.2) is 12.2 Å². The number of phosphoric ester groups is 1. The van der Waals surface area contributed by atoms with Gasteiger partial charge in [0.05, 0.1) is 19.8 Å². The molecule has 0 rings (SSSR count). The van der Waals surface area contributed by atoms with Gasteiger partial charge >= 0.3 is 19.8 Å². The fourth-order valence-electron chi connectivity index (χ4n) is 5.95. The predicted octanol–water partition coefficient (Wildman–Crippen LogP) is 11.4. The van der Waals surface area contributed by atoms with Gasteiger partial charge in [0, 0.05) is 13.0 Å². The molecule has 3 unspecified atom stereocenters. The Labute approximate surface area is 318 Å². The van der Waals surface area contributed by atoms with Crippen LogP contribution in [0.5, 0.6) is 0 Å². The first-order valence-electron chi connectivity index (χ1n) is 21.2. The van der Waals surface area contributed by atoms with E-state index in [1.54, 1.807) is 0 Å². The van der Waals surface area contributed by atoms with Crippen molar-refractivity contribution in [3.05, 3.63) is 12.2 Å². The van der Waals surface area contributed by atoms with Gasteiger partial charge in [-0.3, -0.25) is 18.6 Å². The lowest BCUT2D eigenvalue weighted by Crippen LogP contribution is -2.34. The summed E-state index contributed by atoms with van der Waals surface area (Å²) in [5.41, 5.74) is 5.35. The zero-order valence-corrected chi connectivity index (χ0v) is 34.3. The Morgan fingerprint density at radius 3 is 1.50 bits per heavy atom. The van der Waals surface area contributed by atoms with E-state index in [0.29, 0.717) is 13.0 Å². The molecule has 3 atom stereocenters. The van der Waals surface area contributed by atoms with E-state index in [-0.39, 0.29) is 13.0 Å². The first kappa shape index (κ1) is 50.7. The molecule has 308 valence electrons. The van der Waals surface area contributed by atoms with E-state index in [9.17, 15) is 19.0 Å². The smallest absolute Gasteiger partial charge is 0.472 e. The quantitative estimate of drug-likeness (QED) is 0.0237. The Balaban J connectivity index is 4.19. The van der Waals surface area contributed by atoms with Crippen LogP contribution in [0.25, 0.3) is 0 Å². The second-order valence-electron chi connectivity index (χ2n) is 14.5. The molecule has 0 saturated carbocycles. The third-order valence-corrected chi connectivity index (χ3v) is 10.2. The van der Waals surface area contributed by atoms with Crippen LogP contribution in [0, 0.1) is 0 Å². The van der Waals surface area contributed by atoms with Crippen molar-refractivity contribution >= 4 is 19.8 Å². The SMILES string of the molecule is CCCCC/C=C\CCCCCCCC(=O)OC(COCCCCCCCCCCCCCCCCCCCC)COP(=O)(O)OCC(N)C(=O)O. The van der Waals surface area contributed by atoms with Gasteiger partial charge in [-0.05, 0) is 38.5 Å². The van der Waals surface area contributed by atoms with Crippen LogP contribution in [0.4, 0.5) is 0 Å². The second-order valence-corrected chi connectivity index (χ2v) is 15.9. The molecular formula is C41H80NO9P.